The Morgan fingerprint density at radius 3 is 1.85 bits per heavy atom. The van der Waals surface area contributed by atoms with Crippen LogP contribution in [0, 0.1) is 11.6 Å². The van der Waals surface area contributed by atoms with E-state index in [2.05, 4.69) is 0 Å². The van der Waals surface area contributed by atoms with Crippen LogP contribution in [0.5, 0.6) is 0 Å². The molecule has 0 aromatic heterocycles. The monoisotopic (exact) mass is 266 g/mol. The summed E-state index contributed by atoms with van der Waals surface area (Å²) in [5.74, 6) is -0.838. The molecule has 3 rings (SSSR count). The molecule has 0 N–H and O–H groups in total. The first-order chi connectivity index (χ1) is 9.75. The molecule has 0 nitrogen and oxygen atoms in total. The normalized spacial score (nSPS) is 10.5. The van der Waals surface area contributed by atoms with Gasteiger partial charge in [0.15, 0.2) is 0 Å². The van der Waals surface area contributed by atoms with Crippen molar-refractivity contribution in [2.45, 2.75) is 0 Å². The van der Waals surface area contributed by atoms with E-state index in [0.29, 0.717) is 0 Å². The van der Waals surface area contributed by atoms with Gasteiger partial charge in [0.2, 0.25) is 0 Å². The third-order valence-electron chi connectivity index (χ3n) is 3.24. The highest BCUT2D eigenvalue weighted by Crippen LogP contribution is 2.29. The van der Waals surface area contributed by atoms with E-state index in [4.69, 9.17) is 0 Å². The van der Waals surface area contributed by atoms with E-state index < -0.39 is 11.6 Å². The summed E-state index contributed by atoms with van der Waals surface area (Å²) < 4.78 is 27.9. The number of rotatable bonds is 2. The zero-order valence-corrected chi connectivity index (χ0v) is 10.7. The van der Waals surface area contributed by atoms with Crippen LogP contribution in [-0.4, -0.2) is 0 Å². The molecular formula is C18H12F2. The molecule has 3 aromatic rings. The molecule has 0 spiro atoms. The Balaban J connectivity index is 2.07. The summed E-state index contributed by atoms with van der Waals surface area (Å²) in [6.07, 6.45) is 0. The van der Waals surface area contributed by atoms with Gasteiger partial charge in [-0.05, 0) is 23.3 Å². The molecule has 3 aromatic carbocycles. The molecule has 98 valence electrons. The van der Waals surface area contributed by atoms with Crippen molar-refractivity contribution in [1.82, 2.24) is 0 Å². The average molecular weight is 266 g/mol. The van der Waals surface area contributed by atoms with E-state index in [9.17, 15) is 8.78 Å². The lowest BCUT2D eigenvalue weighted by Gasteiger charge is -2.07. The predicted molar refractivity (Wildman–Crippen MR) is 77.2 cm³/mol. The SMILES string of the molecule is Fc1ccccc1-c1ccc(-c2ccccc2)cc1F. The van der Waals surface area contributed by atoms with Gasteiger partial charge < -0.3 is 0 Å². The fourth-order valence-corrected chi connectivity index (χ4v) is 2.22. The summed E-state index contributed by atoms with van der Waals surface area (Å²) in [5, 5.41) is 0. The standard InChI is InChI=1S/C18H12F2/c19-17-9-5-4-8-15(17)16-11-10-14(12-18(16)20)13-6-2-1-3-7-13/h1-12H. The van der Waals surface area contributed by atoms with E-state index in [1.807, 2.05) is 30.3 Å². The van der Waals surface area contributed by atoms with E-state index in [1.165, 1.54) is 12.1 Å². The van der Waals surface area contributed by atoms with Crippen LogP contribution in [0.25, 0.3) is 22.3 Å². The highest BCUT2D eigenvalue weighted by Gasteiger charge is 2.10. The van der Waals surface area contributed by atoms with Crippen molar-refractivity contribution >= 4 is 0 Å². The first kappa shape index (κ1) is 12.5. The second-order valence-corrected chi connectivity index (χ2v) is 4.54. The molecule has 0 radical (unpaired) electrons. The van der Waals surface area contributed by atoms with Crippen molar-refractivity contribution in [1.29, 1.82) is 0 Å². The van der Waals surface area contributed by atoms with Crippen molar-refractivity contribution in [3.05, 3.63) is 84.4 Å². The number of hydrogen-bond donors (Lipinski definition) is 0. The second-order valence-electron chi connectivity index (χ2n) is 4.54. The fourth-order valence-electron chi connectivity index (χ4n) is 2.22. The predicted octanol–water partition coefficient (Wildman–Crippen LogP) is 5.30. The van der Waals surface area contributed by atoms with Crippen molar-refractivity contribution in [3.63, 3.8) is 0 Å². The molecule has 0 atom stereocenters. The van der Waals surface area contributed by atoms with Gasteiger partial charge in [-0.25, -0.2) is 8.78 Å². The van der Waals surface area contributed by atoms with Crippen LogP contribution >= 0.6 is 0 Å². The molecule has 0 aliphatic rings. The first-order valence-electron chi connectivity index (χ1n) is 6.35. The van der Waals surface area contributed by atoms with Crippen LogP contribution in [0.2, 0.25) is 0 Å². The number of hydrogen-bond acceptors (Lipinski definition) is 0. The molecule has 0 bridgehead atoms. The molecule has 20 heavy (non-hydrogen) atoms. The molecule has 0 heterocycles. The van der Waals surface area contributed by atoms with Crippen molar-refractivity contribution in [2.24, 2.45) is 0 Å². The smallest absolute Gasteiger partial charge is 0.131 e. The lowest BCUT2D eigenvalue weighted by Crippen LogP contribution is -1.89. The summed E-state index contributed by atoms with van der Waals surface area (Å²) in [7, 11) is 0. The van der Waals surface area contributed by atoms with Crippen LogP contribution in [0.4, 0.5) is 8.78 Å². The highest BCUT2D eigenvalue weighted by atomic mass is 19.1. The molecule has 0 unspecified atom stereocenters. The van der Waals surface area contributed by atoms with Gasteiger partial charge in [-0.2, -0.15) is 0 Å². The molecule has 0 saturated heterocycles. The summed E-state index contributed by atoms with van der Waals surface area (Å²) >= 11 is 0. The van der Waals surface area contributed by atoms with Gasteiger partial charge in [-0.1, -0.05) is 60.7 Å². The molecule has 0 aliphatic carbocycles. The third-order valence-corrected chi connectivity index (χ3v) is 3.24. The minimum Gasteiger partial charge on any atom is -0.206 e. The Labute approximate surface area is 116 Å². The highest BCUT2D eigenvalue weighted by molar-refractivity contribution is 5.71. The quantitative estimate of drug-likeness (QED) is 0.590. The molecule has 0 aliphatic heterocycles. The van der Waals surface area contributed by atoms with Crippen LogP contribution in [-0.2, 0) is 0 Å². The Kier molecular flexibility index (Phi) is 3.30. The van der Waals surface area contributed by atoms with Crippen LogP contribution in [0.3, 0.4) is 0 Å². The summed E-state index contributed by atoms with van der Waals surface area (Å²) in [5.41, 5.74) is 2.28. The van der Waals surface area contributed by atoms with Crippen molar-refractivity contribution in [3.8, 4) is 22.3 Å². The maximum Gasteiger partial charge on any atom is 0.131 e. The summed E-state index contributed by atoms with van der Waals surface area (Å²) in [6.45, 7) is 0. The molecule has 0 amide bonds. The van der Waals surface area contributed by atoms with Gasteiger partial charge >= 0.3 is 0 Å². The average Bonchev–Trinajstić information content (AvgIpc) is 2.49. The Hall–Kier alpha value is -2.48. The second kappa shape index (κ2) is 5.25. The maximum absolute atomic E-state index is 14.2. The van der Waals surface area contributed by atoms with Crippen molar-refractivity contribution in [2.75, 3.05) is 0 Å². The van der Waals surface area contributed by atoms with Crippen LogP contribution in [0.15, 0.2) is 72.8 Å². The van der Waals surface area contributed by atoms with Crippen LogP contribution < -0.4 is 0 Å². The molecular weight excluding hydrogens is 254 g/mol. The largest absolute Gasteiger partial charge is 0.206 e. The maximum atomic E-state index is 14.2. The Morgan fingerprint density at radius 2 is 1.15 bits per heavy atom. The summed E-state index contributed by atoms with van der Waals surface area (Å²) in [4.78, 5) is 0. The van der Waals surface area contributed by atoms with Gasteiger partial charge in [0.1, 0.15) is 11.6 Å². The minimum atomic E-state index is -0.420. The van der Waals surface area contributed by atoms with Gasteiger partial charge in [0.25, 0.3) is 0 Å². The first-order valence-corrected chi connectivity index (χ1v) is 6.35. The molecule has 2 heteroatoms. The van der Waals surface area contributed by atoms with E-state index in [0.717, 1.165) is 11.1 Å². The van der Waals surface area contributed by atoms with Gasteiger partial charge in [-0.15, -0.1) is 0 Å². The molecule has 0 fully saturated rings. The van der Waals surface area contributed by atoms with E-state index in [-0.39, 0.29) is 11.1 Å². The molecule has 0 saturated carbocycles. The Bertz CT molecular complexity index is 733. The number of benzene rings is 3. The lowest BCUT2D eigenvalue weighted by atomic mass is 9.99. The van der Waals surface area contributed by atoms with Gasteiger partial charge in [0.05, 0.1) is 0 Å². The fraction of sp³-hybridized carbons (Fsp3) is 0. The zero-order chi connectivity index (χ0) is 13.9. The Morgan fingerprint density at radius 1 is 0.500 bits per heavy atom. The van der Waals surface area contributed by atoms with Crippen LogP contribution in [0.1, 0.15) is 0 Å². The van der Waals surface area contributed by atoms with Gasteiger partial charge in [-0.3, -0.25) is 0 Å². The topological polar surface area (TPSA) is 0 Å². The zero-order valence-electron chi connectivity index (χ0n) is 10.7. The summed E-state index contributed by atoms with van der Waals surface area (Å²) in [6, 6.07) is 20.6. The lowest BCUT2D eigenvalue weighted by molar-refractivity contribution is 0.616. The van der Waals surface area contributed by atoms with Gasteiger partial charge in [0, 0.05) is 11.1 Å². The van der Waals surface area contributed by atoms with E-state index in [1.54, 1.807) is 30.3 Å². The minimum absolute atomic E-state index is 0.280. The third kappa shape index (κ3) is 2.32. The van der Waals surface area contributed by atoms with Crippen molar-refractivity contribution < 1.29 is 8.78 Å². The number of halogens is 2. The van der Waals surface area contributed by atoms with E-state index >= 15 is 0 Å².